The predicted octanol–water partition coefficient (Wildman–Crippen LogP) is 1.23. The number of nitro benzene ring substituents is 1. The lowest BCUT2D eigenvalue weighted by atomic mass is 10.1. The Balaban J connectivity index is 2.81. The second-order valence-corrected chi connectivity index (χ2v) is 3.81. The van der Waals surface area contributed by atoms with Gasteiger partial charge in [0.15, 0.2) is 0 Å². The summed E-state index contributed by atoms with van der Waals surface area (Å²) in [5.74, 6) is -1.59. The number of hydrogen-bond donors (Lipinski definition) is 2. The van der Waals surface area contributed by atoms with E-state index in [0.29, 0.717) is 6.42 Å². The van der Waals surface area contributed by atoms with E-state index in [1.807, 2.05) is 0 Å². The average molecular weight is 256 g/mol. The zero-order valence-corrected chi connectivity index (χ0v) is 9.72. The Bertz CT molecular complexity index is 464. The summed E-state index contributed by atoms with van der Waals surface area (Å²) < 4.78 is 13.3. The lowest BCUT2D eigenvalue weighted by molar-refractivity contribution is -0.387. The SMILES string of the molecule is CC(CCO)NC(=O)c1ccc([N+](=O)[O-])c(F)c1. The van der Waals surface area contributed by atoms with Crippen molar-refractivity contribution in [2.24, 2.45) is 0 Å². The number of nitrogens with zero attached hydrogens (tertiary/aromatic N) is 1. The summed E-state index contributed by atoms with van der Waals surface area (Å²) in [6, 6.07) is 2.68. The van der Waals surface area contributed by atoms with Gasteiger partial charge in [-0.15, -0.1) is 0 Å². The summed E-state index contributed by atoms with van der Waals surface area (Å²) in [4.78, 5) is 21.2. The molecule has 1 aromatic carbocycles. The van der Waals surface area contributed by atoms with Gasteiger partial charge in [-0.3, -0.25) is 14.9 Å². The van der Waals surface area contributed by atoms with Crippen molar-refractivity contribution in [2.75, 3.05) is 6.61 Å². The van der Waals surface area contributed by atoms with Crippen LogP contribution in [0.1, 0.15) is 23.7 Å². The highest BCUT2D eigenvalue weighted by molar-refractivity contribution is 5.94. The van der Waals surface area contributed by atoms with E-state index in [2.05, 4.69) is 5.32 Å². The van der Waals surface area contributed by atoms with Gasteiger partial charge in [0.2, 0.25) is 5.82 Å². The first-order chi connectivity index (χ1) is 8.45. The molecule has 98 valence electrons. The van der Waals surface area contributed by atoms with Crippen LogP contribution in [0.5, 0.6) is 0 Å². The van der Waals surface area contributed by atoms with Crippen molar-refractivity contribution in [1.82, 2.24) is 5.32 Å². The molecule has 0 bridgehead atoms. The fourth-order valence-corrected chi connectivity index (χ4v) is 1.37. The molecule has 1 rings (SSSR count). The molecule has 6 nitrogen and oxygen atoms in total. The van der Waals surface area contributed by atoms with Crippen molar-refractivity contribution in [2.45, 2.75) is 19.4 Å². The van der Waals surface area contributed by atoms with Gasteiger partial charge in [0.05, 0.1) is 4.92 Å². The van der Waals surface area contributed by atoms with E-state index >= 15 is 0 Å². The maximum Gasteiger partial charge on any atom is 0.304 e. The zero-order valence-electron chi connectivity index (χ0n) is 9.72. The molecule has 0 aliphatic carbocycles. The van der Waals surface area contributed by atoms with E-state index < -0.39 is 22.3 Å². The molecule has 0 saturated carbocycles. The Hall–Kier alpha value is -2.02. The monoisotopic (exact) mass is 256 g/mol. The van der Waals surface area contributed by atoms with Crippen LogP contribution in [0.4, 0.5) is 10.1 Å². The van der Waals surface area contributed by atoms with Crippen LogP contribution < -0.4 is 5.32 Å². The number of benzene rings is 1. The molecule has 1 unspecified atom stereocenters. The second kappa shape index (κ2) is 6.06. The molecule has 0 heterocycles. The Labute approximate surface area is 103 Å². The minimum Gasteiger partial charge on any atom is -0.396 e. The van der Waals surface area contributed by atoms with Crippen molar-refractivity contribution in [3.05, 3.63) is 39.7 Å². The zero-order chi connectivity index (χ0) is 13.7. The summed E-state index contributed by atoms with van der Waals surface area (Å²) >= 11 is 0. The van der Waals surface area contributed by atoms with E-state index in [0.717, 1.165) is 12.1 Å². The molecule has 1 amide bonds. The summed E-state index contributed by atoms with van der Waals surface area (Å²) in [6.07, 6.45) is 0.376. The molecule has 7 heteroatoms. The van der Waals surface area contributed by atoms with E-state index in [9.17, 15) is 19.3 Å². The number of carbonyl (C=O) groups excluding carboxylic acids is 1. The lowest BCUT2D eigenvalue weighted by Gasteiger charge is -2.12. The number of aliphatic hydroxyl groups excluding tert-OH is 1. The topological polar surface area (TPSA) is 92.5 Å². The highest BCUT2D eigenvalue weighted by Gasteiger charge is 2.17. The number of nitrogens with one attached hydrogen (secondary N) is 1. The molecule has 0 radical (unpaired) electrons. The van der Waals surface area contributed by atoms with Gasteiger partial charge < -0.3 is 10.4 Å². The first-order valence-corrected chi connectivity index (χ1v) is 5.31. The molecular formula is C11H13FN2O4. The van der Waals surface area contributed by atoms with Crippen LogP contribution in [0.2, 0.25) is 0 Å². The van der Waals surface area contributed by atoms with E-state index in [1.165, 1.54) is 6.07 Å². The van der Waals surface area contributed by atoms with Crippen LogP contribution in [0.15, 0.2) is 18.2 Å². The van der Waals surface area contributed by atoms with Gasteiger partial charge >= 0.3 is 5.69 Å². The average Bonchev–Trinajstić information content (AvgIpc) is 2.28. The summed E-state index contributed by atoms with van der Waals surface area (Å²) in [6.45, 7) is 1.62. The normalized spacial score (nSPS) is 11.9. The molecule has 0 spiro atoms. The number of rotatable bonds is 5. The van der Waals surface area contributed by atoms with Gasteiger partial charge in [-0.2, -0.15) is 4.39 Å². The first-order valence-electron chi connectivity index (χ1n) is 5.31. The Morgan fingerprint density at radius 1 is 1.61 bits per heavy atom. The Kier molecular flexibility index (Phi) is 4.73. The Morgan fingerprint density at radius 2 is 2.28 bits per heavy atom. The number of nitro groups is 1. The van der Waals surface area contributed by atoms with Gasteiger partial charge in [0.1, 0.15) is 0 Å². The molecule has 1 atom stereocenters. The van der Waals surface area contributed by atoms with Crippen LogP contribution in [0.3, 0.4) is 0 Å². The van der Waals surface area contributed by atoms with Gasteiger partial charge in [0.25, 0.3) is 5.91 Å². The van der Waals surface area contributed by atoms with Crippen molar-refractivity contribution in [3.63, 3.8) is 0 Å². The maximum absolute atomic E-state index is 13.3. The van der Waals surface area contributed by atoms with E-state index in [-0.39, 0.29) is 18.2 Å². The van der Waals surface area contributed by atoms with Crippen molar-refractivity contribution in [3.8, 4) is 0 Å². The quantitative estimate of drug-likeness (QED) is 0.612. The smallest absolute Gasteiger partial charge is 0.304 e. The Morgan fingerprint density at radius 3 is 2.78 bits per heavy atom. The van der Waals surface area contributed by atoms with Crippen LogP contribution >= 0.6 is 0 Å². The first kappa shape index (κ1) is 14.0. The van der Waals surface area contributed by atoms with Crippen molar-refractivity contribution < 1.29 is 19.2 Å². The van der Waals surface area contributed by atoms with Crippen LogP contribution in [0, 0.1) is 15.9 Å². The molecule has 1 aromatic rings. The lowest BCUT2D eigenvalue weighted by Crippen LogP contribution is -2.33. The molecule has 2 N–H and O–H groups in total. The molecule has 0 fully saturated rings. The van der Waals surface area contributed by atoms with Gasteiger partial charge in [0, 0.05) is 24.3 Å². The summed E-state index contributed by atoms with van der Waals surface area (Å²) in [7, 11) is 0. The highest BCUT2D eigenvalue weighted by Crippen LogP contribution is 2.17. The fourth-order valence-electron chi connectivity index (χ4n) is 1.37. The second-order valence-electron chi connectivity index (χ2n) is 3.81. The minimum absolute atomic E-state index is 0.00268. The van der Waals surface area contributed by atoms with Crippen LogP contribution in [0.25, 0.3) is 0 Å². The third-order valence-corrected chi connectivity index (χ3v) is 2.35. The van der Waals surface area contributed by atoms with Gasteiger partial charge in [-0.25, -0.2) is 0 Å². The highest BCUT2D eigenvalue weighted by atomic mass is 19.1. The summed E-state index contributed by atoms with van der Waals surface area (Å²) in [5, 5.41) is 21.6. The van der Waals surface area contributed by atoms with Crippen molar-refractivity contribution in [1.29, 1.82) is 0 Å². The van der Waals surface area contributed by atoms with Crippen molar-refractivity contribution >= 4 is 11.6 Å². The van der Waals surface area contributed by atoms with Gasteiger partial charge in [-0.1, -0.05) is 0 Å². The third kappa shape index (κ3) is 3.49. The number of amides is 1. The molecular weight excluding hydrogens is 243 g/mol. The number of carbonyl (C=O) groups is 1. The van der Waals surface area contributed by atoms with Crippen LogP contribution in [-0.4, -0.2) is 28.6 Å². The third-order valence-electron chi connectivity index (χ3n) is 2.35. The molecule has 0 saturated heterocycles. The van der Waals surface area contributed by atoms with Gasteiger partial charge in [-0.05, 0) is 25.5 Å². The number of aliphatic hydroxyl groups is 1. The number of halogens is 1. The van der Waals surface area contributed by atoms with E-state index in [4.69, 9.17) is 5.11 Å². The number of hydrogen-bond acceptors (Lipinski definition) is 4. The fraction of sp³-hybridized carbons (Fsp3) is 0.364. The summed E-state index contributed by atoms with van der Waals surface area (Å²) in [5.41, 5.74) is -0.669. The van der Waals surface area contributed by atoms with Crippen LogP contribution in [-0.2, 0) is 0 Å². The maximum atomic E-state index is 13.3. The largest absolute Gasteiger partial charge is 0.396 e. The predicted molar refractivity (Wildman–Crippen MR) is 61.7 cm³/mol. The molecule has 0 aromatic heterocycles. The van der Waals surface area contributed by atoms with E-state index in [1.54, 1.807) is 6.92 Å². The molecule has 18 heavy (non-hydrogen) atoms. The molecule has 0 aliphatic rings. The molecule has 0 aliphatic heterocycles. The minimum atomic E-state index is -1.05. The standard InChI is InChI=1S/C11H13FN2O4/c1-7(4-5-15)13-11(16)8-2-3-10(14(17)18)9(12)6-8/h2-3,6-7,15H,4-5H2,1H3,(H,13,16).